The topological polar surface area (TPSA) is 47.6 Å². The molecule has 0 fully saturated rings. The van der Waals surface area contributed by atoms with Gasteiger partial charge in [-0.25, -0.2) is 0 Å². The van der Waals surface area contributed by atoms with Gasteiger partial charge in [-0.3, -0.25) is 4.79 Å². The van der Waals surface area contributed by atoms with Gasteiger partial charge in [0.2, 0.25) is 0 Å². The summed E-state index contributed by atoms with van der Waals surface area (Å²) in [6, 6.07) is 13.5. The van der Waals surface area contributed by atoms with Gasteiger partial charge in [0.05, 0.1) is 13.2 Å². The Morgan fingerprint density at radius 1 is 1.08 bits per heavy atom. The Morgan fingerprint density at radius 2 is 1.80 bits per heavy atom. The molecule has 0 aliphatic heterocycles. The van der Waals surface area contributed by atoms with Crippen molar-refractivity contribution in [2.45, 2.75) is 46.3 Å². The number of nitrogens with one attached hydrogen (secondary N) is 1. The van der Waals surface area contributed by atoms with E-state index < -0.39 is 6.10 Å². The molecule has 0 aliphatic rings. The highest BCUT2D eigenvalue weighted by molar-refractivity contribution is 5.81. The monoisotopic (exact) mass is 341 g/mol. The standard InChI is InChI=1S/C21H27NO3/c1-6-20(17-11-10-14(2)15(3)12-17)22-21(23)16(4)25-19-9-7-8-18(13-19)24-5/h7-13,16,20H,6H2,1-5H3,(H,22,23)/t16-,20+/m1/s1. The molecule has 25 heavy (non-hydrogen) atoms. The van der Waals surface area contributed by atoms with Gasteiger partial charge in [0.15, 0.2) is 6.10 Å². The van der Waals surface area contributed by atoms with Crippen LogP contribution in [0.4, 0.5) is 0 Å². The Hall–Kier alpha value is -2.49. The zero-order valence-electron chi connectivity index (χ0n) is 15.6. The summed E-state index contributed by atoms with van der Waals surface area (Å²) in [6.45, 7) is 7.99. The van der Waals surface area contributed by atoms with Gasteiger partial charge in [0, 0.05) is 6.07 Å². The maximum atomic E-state index is 12.5. The van der Waals surface area contributed by atoms with Crippen LogP contribution in [0.25, 0.3) is 0 Å². The van der Waals surface area contributed by atoms with Gasteiger partial charge in [0.25, 0.3) is 5.91 Å². The van der Waals surface area contributed by atoms with Crippen molar-refractivity contribution in [3.63, 3.8) is 0 Å². The second-order valence-electron chi connectivity index (χ2n) is 6.25. The summed E-state index contributed by atoms with van der Waals surface area (Å²) < 4.78 is 10.9. The maximum absolute atomic E-state index is 12.5. The predicted molar refractivity (Wildman–Crippen MR) is 100 cm³/mol. The summed E-state index contributed by atoms with van der Waals surface area (Å²) in [6.07, 6.45) is 0.229. The van der Waals surface area contributed by atoms with E-state index in [0.717, 1.165) is 12.0 Å². The third-order valence-corrected chi connectivity index (χ3v) is 4.38. The third kappa shape index (κ3) is 4.99. The molecule has 134 valence electrons. The highest BCUT2D eigenvalue weighted by Crippen LogP contribution is 2.22. The molecule has 1 amide bonds. The highest BCUT2D eigenvalue weighted by Gasteiger charge is 2.19. The van der Waals surface area contributed by atoms with Crippen LogP contribution in [0.2, 0.25) is 0 Å². The van der Waals surface area contributed by atoms with E-state index in [1.54, 1.807) is 20.1 Å². The Kier molecular flexibility index (Phi) is 6.45. The molecule has 0 spiro atoms. The maximum Gasteiger partial charge on any atom is 0.261 e. The number of carbonyl (C=O) groups excluding carboxylic acids is 1. The summed E-state index contributed by atoms with van der Waals surface area (Å²) in [4.78, 5) is 12.5. The number of rotatable bonds is 7. The number of carbonyl (C=O) groups is 1. The zero-order chi connectivity index (χ0) is 18.4. The van der Waals surface area contributed by atoms with Crippen LogP contribution in [0.1, 0.15) is 43.0 Å². The number of aryl methyl sites for hydroxylation is 2. The van der Waals surface area contributed by atoms with Gasteiger partial charge in [0.1, 0.15) is 11.5 Å². The quantitative estimate of drug-likeness (QED) is 0.814. The molecule has 0 saturated heterocycles. The number of ether oxygens (including phenoxy) is 2. The van der Waals surface area contributed by atoms with Crippen molar-refractivity contribution >= 4 is 5.91 Å². The highest BCUT2D eigenvalue weighted by atomic mass is 16.5. The fourth-order valence-electron chi connectivity index (χ4n) is 2.62. The van der Waals surface area contributed by atoms with Crippen molar-refractivity contribution in [1.29, 1.82) is 0 Å². The smallest absolute Gasteiger partial charge is 0.261 e. The van der Waals surface area contributed by atoms with Crippen LogP contribution in [0, 0.1) is 13.8 Å². The first-order valence-electron chi connectivity index (χ1n) is 8.62. The van der Waals surface area contributed by atoms with Crippen molar-refractivity contribution in [2.75, 3.05) is 7.11 Å². The average Bonchev–Trinajstić information content (AvgIpc) is 2.62. The molecule has 0 aliphatic carbocycles. The average molecular weight is 341 g/mol. The fourth-order valence-corrected chi connectivity index (χ4v) is 2.62. The van der Waals surface area contributed by atoms with E-state index >= 15 is 0 Å². The number of hydrogen-bond acceptors (Lipinski definition) is 3. The molecule has 1 N–H and O–H groups in total. The molecule has 0 radical (unpaired) electrons. The van der Waals surface area contributed by atoms with Crippen molar-refractivity contribution in [2.24, 2.45) is 0 Å². The molecule has 0 bridgehead atoms. The van der Waals surface area contributed by atoms with Crippen LogP contribution < -0.4 is 14.8 Å². The SMILES string of the molecule is CC[C@H](NC(=O)[C@@H](C)Oc1cccc(OC)c1)c1ccc(C)c(C)c1. The van der Waals surface area contributed by atoms with Crippen LogP contribution in [0.5, 0.6) is 11.5 Å². The minimum absolute atomic E-state index is 0.0249. The molecule has 0 heterocycles. The Morgan fingerprint density at radius 3 is 2.44 bits per heavy atom. The Bertz CT molecular complexity index is 727. The zero-order valence-corrected chi connectivity index (χ0v) is 15.6. The lowest BCUT2D eigenvalue weighted by atomic mass is 9.99. The number of benzene rings is 2. The van der Waals surface area contributed by atoms with Crippen molar-refractivity contribution in [3.8, 4) is 11.5 Å². The van der Waals surface area contributed by atoms with Crippen molar-refractivity contribution < 1.29 is 14.3 Å². The predicted octanol–water partition coefficient (Wildman–Crippen LogP) is 4.35. The van der Waals surface area contributed by atoms with Crippen molar-refractivity contribution in [1.82, 2.24) is 5.32 Å². The van der Waals surface area contributed by atoms with Crippen LogP contribution in [-0.4, -0.2) is 19.1 Å². The Balaban J connectivity index is 2.03. The lowest BCUT2D eigenvalue weighted by Crippen LogP contribution is -2.38. The van der Waals surface area contributed by atoms with Gasteiger partial charge in [-0.1, -0.05) is 31.2 Å². The van der Waals surface area contributed by atoms with E-state index in [0.29, 0.717) is 11.5 Å². The summed E-state index contributed by atoms with van der Waals surface area (Å²) in [5.74, 6) is 1.18. The molecule has 2 rings (SSSR count). The summed E-state index contributed by atoms with van der Waals surface area (Å²) >= 11 is 0. The van der Waals surface area contributed by atoms with Crippen LogP contribution in [0.15, 0.2) is 42.5 Å². The van der Waals surface area contributed by atoms with Crippen LogP contribution in [0.3, 0.4) is 0 Å². The van der Waals surface area contributed by atoms with E-state index in [4.69, 9.17) is 9.47 Å². The van der Waals surface area contributed by atoms with Gasteiger partial charge in [-0.05, 0) is 56.0 Å². The second kappa shape index (κ2) is 8.56. The van der Waals surface area contributed by atoms with E-state index in [2.05, 4.69) is 44.3 Å². The molecular formula is C21H27NO3. The van der Waals surface area contributed by atoms with Gasteiger partial charge >= 0.3 is 0 Å². The molecule has 0 unspecified atom stereocenters. The first-order chi connectivity index (χ1) is 11.9. The van der Waals surface area contributed by atoms with E-state index in [1.807, 2.05) is 18.2 Å². The second-order valence-corrected chi connectivity index (χ2v) is 6.25. The first-order valence-corrected chi connectivity index (χ1v) is 8.62. The molecule has 0 saturated carbocycles. The molecule has 4 nitrogen and oxygen atoms in total. The number of amides is 1. The molecular weight excluding hydrogens is 314 g/mol. The van der Waals surface area contributed by atoms with Gasteiger partial charge < -0.3 is 14.8 Å². The largest absolute Gasteiger partial charge is 0.497 e. The van der Waals surface area contributed by atoms with Gasteiger partial charge in [-0.15, -0.1) is 0 Å². The first kappa shape index (κ1) is 18.8. The minimum Gasteiger partial charge on any atom is -0.497 e. The molecule has 4 heteroatoms. The number of methoxy groups -OCH3 is 1. The normalized spacial score (nSPS) is 13.0. The minimum atomic E-state index is -0.590. The van der Waals surface area contributed by atoms with Crippen LogP contribution >= 0.6 is 0 Å². The van der Waals surface area contributed by atoms with E-state index in [-0.39, 0.29) is 11.9 Å². The van der Waals surface area contributed by atoms with Crippen molar-refractivity contribution in [3.05, 3.63) is 59.2 Å². The molecule has 0 aromatic heterocycles. The van der Waals surface area contributed by atoms with E-state index in [9.17, 15) is 4.79 Å². The fraction of sp³-hybridized carbons (Fsp3) is 0.381. The van der Waals surface area contributed by atoms with E-state index in [1.165, 1.54) is 11.1 Å². The molecule has 2 aromatic carbocycles. The number of hydrogen-bond donors (Lipinski definition) is 1. The summed E-state index contributed by atoms with van der Waals surface area (Å²) in [5, 5.41) is 3.08. The molecule has 2 aromatic rings. The Labute approximate surface area is 150 Å². The summed E-state index contributed by atoms with van der Waals surface area (Å²) in [5.41, 5.74) is 3.60. The molecule has 2 atom stereocenters. The lowest BCUT2D eigenvalue weighted by Gasteiger charge is -2.22. The van der Waals surface area contributed by atoms with Gasteiger partial charge in [-0.2, -0.15) is 0 Å². The van der Waals surface area contributed by atoms with Crippen LogP contribution in [-0.2, 0) is 4.79 Å². The third-order valence-electron chi connectivity index (χ3n) is 4.38. The summed E-state index contributed by atoms with van der Waals surface area (Å²) in [7, 11) is 1.60. The lowest BCUT2D eigenvalue weighted by molar-refractivity contribution is -0.128.